The minimum atomic E-state index is -0.274. The second-order valence-electron chi connectivity index (χ2n) is 6.82. The van der Waals surface area contributed by atoms with Crippen LogP contribution < -0.4 is 15.5 Å². The van der Waals surface area contributed by atoms with E-state index in [-0.39, 0.29) is 18.4 Å². The number of nitrogens with one attached hydrogen (secondary N) is 2. The number of hydrogen-bond acceptors (Lipinski definition) is 6. The van der Waals surface area contributed by atoms with Crippen LogP contribution >= 0.6 is 11.3 Å². The first-order chi connectivity index (χ1) is 14.1. The van der Waals surface area contributed by atoms with Gasteiger partial charge in [-0.1, -0.05) is 29.5 Å². The van der Waals surface area contributed by atoms with Gasteiger partial charge in [-0.15, -0.1) is 0 Å². The van der Waals surface area contributed by atoms with Crippen LogP contribution in [0.2, 0.25) is 0 Å². The molecule has 0 bridgehead atoms. The quantitative estimate of drug-likeness (QED) is 0.676. The summed E-state index contributed by atoms with van der Waals surface area (Å²) in [6.07, 6.45) is 0. The Morgan fingerprint density at radius 2 is 1.97 bits per heavy atom. The van der Waals surface area contributed by atoms with E-state index in [2.05, 4.69) is 20.5 Å². The van der Waals surface area contributed by atoms with E-state index < -0.39 is 0 Å². The number of aromatic nitrogens is 1. The molecule has 1 fully saturated rings. The van der Waals surface area contributed by atoms with Gasteiger partial charge in [0.25, 0.3) is 5.91 Å². The molecule has 3 aromatic rings. The summed E-state index contributed by atoms with van der Waals surface area (Å²) >= 11 is 1.60. The molecule has 0 aliphatic carbocycles. The molecule has 0 unspecified atom stereocenters. The van der Waals surface area contributed by atoms with Gasteiger partial charge >= 0.3 is 0 Å². The molecule has 29 heavy (non-hydrogen) atoms. The summed E-state index contributed by atoms with van der Waals surface area (Å²) in [5.41, 5.74) is 3.03. The van der Waals surface area contributed by atoms with Crippen molar-refractivity contribution in [2.24, 2.45) is 0 Å². The van der Waals surface area contributed by atoms with Crippen molar-refractivity contribution in [2.45, 2.75) is 6.92 Å². The molecule has 150 valence electrons. The highest BCUT2D eigenvalue weighted by Crippen LogP contribution is 2.31. The molecular weight excluding hydrogens is 388 g/mol. The highest BCUT2D eigenvalue weighted by Gasteiger charge is 2.16. The lowest BCUT2D eigenvalue weighted by Gasteiger charge is -2.25. The molecule has 8 heteroatoms. The van der Waals surface area contributed by atoms with Crippen LogP contribution in [-0.4, -0.2) is 49.6 Å². The van der Waals surface area contributed by atoms with Gasteiger partial charge in [-0.2, -0.15) is 0 Å². The zero-order valence-electron chi connectivity index (χ0n) is 16.1. The molecule has 0 saturated carbocycles. The van der Waals surface area contributed by atoms with Crippen LogP contribution in [0.4, 0.5) is 10.8 Å². The minimum Gasteiger partial charge on any atom is -0.378 e. The smallest absolute Gasteiger partial charge is 0.251 e. The molecular formula is C21H22N4O3S. The van der Waals surface area contributed by atoms with Crippen LogP contribution in [0.15, 0.2) is 42.5 Å². The summed E-state index contributed by atoms with van der Waals surface area (Å²) in [5.74, 6) is -0.532. The first kappa shape index (κ1) is 19.4. The topological polar surface area (TPSA) is 83.6 Å². The van der Waals surface area contributed by atoms with Gasteiger partial charge in [0.1, 0.15) is 0 Å². The summed E-state index contributed by atoms with van der Waals surface area (Å²) in [7, 11) is 0. The van der Waals surface area contributed by atoms with E-state index in [1.165, 1.54) is 0 Å². The Balaban J connectivity index is 1.37. The van der Waals surface area contributed by atoms with E-state index in [1.54, 1.807) is 23.5 Å². The number of nitrogens with zero attached hydrogens (tertiary/aromatic N) is 2. The van der Waals surface area contributed by atoms with Crippen LogP contribution in [0.3, 0.4) is 0 Å². The molecule has 1 aliphatic rings. The second kappa shape index (κ2) is 8.59. The van der Waals surface area contributed by atoms with Crippen LogP contribution in [0.5, 0.6) is 0 Å². The number of hydrogen-bond donors (Lipinski definition) is 2. The summed E-state index contributed by atoms with van der Waals surface area (Å²) in [6, 6.07) is 12.9. The Labute approximate surface area is 172 Å². The number of benzene rings is 2. The number of carbonyl (C=O) groups is 2. The summed E-state index contributed by atoms with van der Waals surface area (Å²) in [5, 5.41) is 6.47. The normalized spacial score (nSPS) is 14.0. The SMILES string of the molecule is Cc1ccccc1C(=O)NCC(=O)Nc1ccc2nc(N3CCOCC3)sc2c1. The third kappa shape index (κ3) is 4.55. The van der Waals surface area contributed by atoms with Crippen molar-refractivity contribution in [1.82, 2.24) is 10.3 Å². The number of amides is 2. The number of rotatable bonds is 5. The molecule has 2 aromatic carbocycles. The molecule has 1 saturated heterocycles. The molecule has 2 heterocycles. The van der Waals surface area contributed by atoms with Crippen molar-refractivity contribution in [1.29, 1.82) is 0 Å². The fourth-order valence-corrected chi connectivity index (χ4v) is 4.23. The van der Waals surface area contributed by atoms with Crippen LogP contribution in [0.25, 0.3) is 10.2 Å². The van der Waals surface area contributed by atoms with E-state index in [9.17, 15) is 9.59 Å². The summed E-state index contributed by atoms with van der Waals surface area (Å²) < 4.78 is 6.40. The Morgan fingerprint density at radius 3 is 2.76 bits per heavy atom. The molecule has 2 N–H and O–H groups in total. The van der Waals surface area contributed by atoms with E-state index in [4.69, 9.17) is 4.74 Å². The zero-order valence-corrected chi connectivity index (χ0v) is 16.9. The molecule has 0 radical (unpaired) electrons. The molecule has 0 spiro atoms. The van der Waals surface area contributed by atoms with Gasteiger partial charge in [0.2, 0.25) is 5.91 Å². The molecule has 2 amide bonds. The van der Waals surface area contributed by atoms with Crippen LogP contribution in [-0.2, 0) is 9.53 Å². The maximum atomic E-state index is 12.3. The summed E-state index contributed by atoms with van der Waals surface area (Å²) in [4.78, 5) is 31.4. The zero-order chi connectivity index (χ0) is 20.2. The Morgan fingerprint density at radius 1 is 1.17 bits per heavy atom. The maximum absolute atomic E-state index is 12.3. The molecule has 1 aliphatic heterocycles. The number of anilines is 2. The van der Waals surface area contributed by atoms with Crippen molar-refractivity contribution in [3.8, 4) is 0 Å². The third-order valence-corrected chi connectivity index (χ3v) is 5.82. The molecule has 1 aromatic heterocycles. The number of carbonyl (C=O) groups excluding carboxylic acids is 2. The van der Waals surface area contributed by atoms with Crippen LogP contribution in [0.1, 0.15) is 15.9 Å². The van der Waals surface area contributed by atoms with Crippen molar-refractivity contribution < 1.29 is 14.3 Å². The fraction of sp³-hybridized carbons (Fsp3) is 0.286. The van der Waals surface area contributed by atoms with Gasteiger partial charge in [-0.05, 0) is 36.8 Å². The Bertz CT molecular complexity index is 1040. The minimum absolute atomic E-state index is 0.0904. The summed E-state index contributed by atoms with van der Waals surface area (Å²) in [6.45, 7) is 4.88. The largest absolute Gasteiger partial charge is 0.378 e. The predicted molar refractivity (Wildman–Crippen MR) is 115 cm³/mol. The predicted octanol–water partition coefficient (Wildman–Crippen LogP) is 2.81. The van der Waals surface area contributed by atoms with Gasteiger partial charge in [0, 0.05) is 24.3 Å². The highest BCUT2D eigenvalue weighted by molar-refractivity contribution is 7.22. The fourth-order valence-electron chi connectivity index (χ4n) is 3.17. The third-order valence-electron chi connectivity index (χ3n) is 4.74. The van der Waals surface area contributed by atoms with Crippen molar-refractivity contribution in [2.75, 3.05) is 43.1 Å². The number of ether oxygens (including phenoxy) is 1. The monoisotopic (exact) mass is 410 g/mol. The lowest BCUT2D eigenvalue weighted by Crippen LogP contribution is -2.36. The van der Waals surface area contributed by atoms with Crippen molar-refractivity contribution in [3.05, 3.63) is 53.6 Å². The average molecular weight is 410 g/mol. The standard InChI is InChI=1S/C21H22N4O3S/c1-14-4-2-3-5-16(14)20(27)22-13-19(26)23-15-6-7-17-18(12-15)29-21(24-17)25-8-10-28-11-9-25/h2-7,12H,8-11,13H2,1H3,(H,22,27)(H,23,26). The lowest BCUT2D eigenvalue weighted by atomic mass is 10.1. The van der Waals surface area contributed by atoms with Crippen molar-refractivity contribution in [3.63, 3.8) is 0 Å². The number of fused-ring (bicyclic) bond motifs is 1. The lowest BCUT2D eigenvalue weighted by molar-refractivity contribution is -0.115. The van der Waals surface area contributed by atoms with E-state index >= 15 is 0 Å². The van der Waals surface area contributed by atoms with Crippen LogP contribution in [0, 0.1) is 6.92 Å². The Hall–Kier alpha value is -2.97. The number of thiazole rings is 1. The van der Waals surface area contributed by atoms with Gasteiger partial charge < -0.3 is 20.3 Å². The number of morpholine rings is 1. The molecule has 4 rings (SSSR count). The van der Waals surface area contributed by atoms with E-state index in [0.29, 0.717) is 24.5 Å². The maximum Gasteiger partial charge on any atom is 0.251 e. The van der Waals surface area contributed by atoms with E-state index in [0.717, 1.165) is 34.0 Å². The van der Waals surface area contributed by atoms with Gasteiger partial charge in [-0.3, -0.25) is 9.59 Å². The van der Waals surface area contributed by atoms with Crippen molar-refractivity contribution >= 4 is 44.2 Å². The van der Waals surface area contributed by atoms with Gasteiger partial charge in [0.05, 0.1) is 30.0 Å². The Kier molecular flexibility index (Phi) is 5.73. The second-order valence-corrected chi connectivity index (χ2v) is 7.83. The highest BCUT2D eigenvalue weighted by atomic mass is 32.1. The average Bonchev–Trinajstić information content (AvgIpc) is 3.16. The molecule has 0 atom stereocenters. The first-order valence-electron chi connectivity index (χ1n) is 9.47. The van der Waals surface area contributed by atoms with E-state index in [1.807, 2.05) is 37.3 Å². The first-order valence-corrected chi connectivity index (χ1v) is 10.3. The molecule has 7 nitrogen and oxygen atoms in total. The number of aryl methyl sites for hydroxylation is 1. The van der Waals surface area contributed by atoms with Gasteiger partial charge in [0.15, 0.2) is 5.13 Å². The van der Waals surface area contributed by atoms with Gasteiger partial charge in [-0.25, -0.2) is 4.98 Å².